The van der Waals surface area contributed by atoms with E-state index in [1.165, 1.54) is 24.7 Å². The summed E-state index contributed by atoms with van der Waals surface area (Å²) in [7, 11) is 0. The van der Waals surface area contributed by atoms with Crippen molar-refractivity contribution >= 4 is 5.91 Å². The molecule has 0 aliphatic rings. The first-order valence-corrected chi connectivity index (χ1v) is 8.57. The minimum atomic E-state index is -5.08. The number of nitrogens with zero attached hydrogens (tertiary/aromatic N) is 2. The second-order valence-electron chi connectivity index (χ2n) is 6.14. The Kier molecular flexibility index (Phi) is 6.24. The Hall–Kier alpha value is -3.56. The molecule has 1 unspecified atom stereocenters. The van der Waals surface area contributed by atoms with Crippen LogP contribution < -0.4 is 10.1 Å². The SMILES string of the molecule is O=C(Cc1ccncc1)NC(c1ccc(OC(F)(F)F)c(F)c1)c1ncccc1F. The molecule has 0 aliphatic carbocycles. The van der Waals surface area contributed by atoms with Gasteiger partial charge in [-0.15, -0.1) is 13.2 Å². The van der Waals surface area contributed by atoms with Gasteiger partial charge in [0, 0.05) is 18.6 Å². The molecule has 2 aromatic heterocycles. The zero-order valence-corrected chi connectivity index (χ0v) is 15.2. The van der Waals surface area contributed by atoms with Crippen molar-refractivity contribution in [3.05, 3.63) is 89.5 Å². The Bertz CT molecular complexity index is 1030. The largest absolute Gasteiger partial charge is 0.573 e. The van der Waals surface area contributed by atoms with Crippen LogP contribution in [0, 0.1) is 11.6 Å². The van der Waals surface area contributed by atoms with Crippen molar-refractivity contribution in [2.24, 2.45) is 0 Å². The van der Waals surface area contributed by atoms with Crippen molar-refractivity contribution in [2.45, 2.75) is 18.8 Å². The van der Waals surface area contributed by atoms with E-state index in [0.29, 0.717) is 5.56 Å². The van der Waals surface area contributed by atoms with Gasteiger partial charge < -0.3 is 10.1 Å². The van der Waals surface area contributed by atoms with Gasteiger partial charge >= 0.3 is 6.36 Å². The molecule has 2 heterocycles. The monoisotopic (exact) mass is 423 g/mol. The van der Waals surface area contributed by atoms with Crippen molar-refractivity contribution in [3.8, 4) is 5.75 Å². The van der Waals surface area contributed by atoms with Crippen LogP contribution in [0.3, 0.4) is 0 Å². The lowest BCUT2D eigenvalue weighted by molar-refractivity contribution is -0.275. The van der Waals surface area contributed by atoms with E-state index >= 15 is 0 Å². The van der Waals surface area contributed by atoms with E-state index < -0.39 is 35.7 Å². The van der Waals surface area contributed by atoms with Crippen molar-refractivity contribution in [2.75, 3.05) is 0 Å². The third-order valence-corrected chi connectivity index (χ3v) is 3.99. The molecule has 3 aromatic rings. The number of nitrogens with one attached hydrogen (secondary N) is 1. The van der Waals surface area contributed by atoms with E-state index in [0.717, 1.165) is 24.3 Å². The van der Waals surface area contributed by atoms with Gasteiger partial charge in [-0.3, -0.25) is 14.8 Å². The van der Waals surface area contributed by atoms with Crippen molar-refractivity contribution in [3.63, 3.8) is 0 Å². The number of carbonyl (C=O) groups is 1. The third kappa shape index (κ3) is 5.49. The van der Waals surface area contributed by atoms with Gasteiger partial charge in [0.15, 0.2) is 11.6 Å². The number of halogens is 5. The summed E-state index contributed by atoms with van der Waals surface area (Å²) in [4.78, 5) is 20.2. The molecule has 0 saturated heterocycles. The normalized spacial score (nSPS) is 12.3. The zero-order chi connectivity index (χ0) is 21.7. The predicted molar refractivity (Wildman–Crippen MR) is 95.2 cm³/mol. The first kappa shape index (κ1) is 21.2. The van der Waals surface area contributed by atoms with Crippen LogP contribution >= 0.6 is 0 Å². The molecule has 5 nitrogen and oxygen atoms in total. The highest BCUT2D eigenvalue weighted by molar-refractivity contribution is 5.79. The molecule has 10 heteroatoms. The van der Waals surface area contributed by atoms with E-state index in [1.54, 1.807) is 12.1 Å². The number of rotatable bonds is 6. The minimum Gasteiger partial charge on any atom is -0.403 e. The predicted octanol–water partition coefficient (Wildman–Crippen LogP) is 4.10. The Morgan fingerprint density at radius 2 is 1.77 bits per heavy atom. The maximum absolute atomic E-state index is 14.3. The highest BCUT2D eigenvalue weighted by Gasteiger charge is 2.33. The van der Waals surface area contributed by atoms with Crippen molar-refractivity contribution in [1.82, 2.24) is 15.3 Å². The van der Waals surface area contributed by atoms with E-state index in [4.69, 9.17) is 0 Å². The van der Waals surface area contributed by atoms with Crippen LogP contribution in [-0.2, 0) is 11.2 Å². The molecule has 0 radical (unpaired) electrons. The Morgan fingerprint density at radius 3 is 2.40 bits per heavy atom. The lowest BCUT2D eigenvalue weighted by Gasteiger charge is -2.20. The van der Waals surface area contributed by atoms with Crippen LogP contribution in [0.25, 0.3) is 0 Å². The van der Waals surface area contributed by atoms with Gasteiger partial charge in [-0.2, -0.15) is 0 Å². The van der Waals surface area contributed by atoms with Gasteiger partial charge in [0.1, 0.15) is 11.5 Å². The van der Waals surface area contributed by atoms with Gasteiger partial charge in [-0.1, -0.05) is 6.07 Å². The van der Waals surface area contributed by atoms with Crippen LogP contribution in [0.2, 0.25) is 0 Å². The van der Waals surface area contributed by atoms with Crippen LogP contribution in [0.4, 0.5) is 22.0 Å². The molecule has 1 amide bonds. The third-order valence-electron chi connectivity index (χ3n) is 3.99. The molecule has 0 fully saturated rings. The van der Waals surface area contributed by atoms with E-state index in [-0.39, 0.29) is 17.7 Å². The molecule has 0 bridgehead atoms. The lowest BCUT2D eigenvalue weighted by Crippen LogP contribution is -2.32. The summed E-state index contributed by atoms with van der Waals surface area (Å²) in [6.07, 6.45) is -0.892. The average molecular weight is 423 g/mol. The number of benzene rings is 1. The molecule has 1 aromatic carbocycles. The maximum Gasteiger partial charge on any atom is 0.573 e. The van der Waals surface area contributed by atoms with Gasteiger partial charge in [0.05, 0.1) is 12.5 Å². The summed E-state index contributed by atoms with van der Waals surface area (Å²) in [6, 6.07) is 6.98. The second-order valence-corrected chi connectivity index (χ2v) is 6.14. The lowest BCUT2D eigenvalue weighted by atomic mass is 10.0. The summed E-state index contributed by atoms with van der Waals surface area (Å²) >= 11 is 0. The number of pyridine rings is 2. The molecule has 1 atom stereocenters. The Morgan fingerprint density at radius 1 is 1.03 bits per heavy atom. The van der Waals surface area contributed by atoms with Gasteiger partial charge in [-0.05, 0) is 47.5 Å². The standard InChI is InChI=1S/C20H14F5N3O2/c21-14-2-1-7-27-19(14)18(28-17(29)10-12-5-8-26-9-6-12)13-3-4-16(15(22)11-13)30-20(23,24)25/h1-9,11,18H,10H2,(H,28,29). The number of hydrogen-bond donors (Lipinski definition) is 1. The van der Waals surface area contributed by atoms with Gasteiger partial charge in [-0.25, -0.2) is 8.78 Å². The number of alkyl halides is 3. The van der Waals surface area contributed by atoms with Crippen LogP contribution in [-0.4, -0.2) is 22.2 Å². The molecule has 30 heavy (non-hydrogen) atoms. The molecule has 0 saturated carbocycles. The number of aromatic nitrogens is 2. The summed E-state index contributed by atoms with van der Waals surface area (Å²) in [6.45, 7) is 0. The molecule has 1 N–H and O–H groups in total. The van der Waals surface area contributed by atoms with Gasteiger partial charge in [0.2, 0.25) is 5.91 Å². The first-order chi connectivity index (χ1) is 14.2. The summed E-state index contributed by atoms with van der Waals surface area (Å²) in [5.74, 6) is -3.68. The minimum absolute atomic E-state index is 0.0114. The smallest absolute Gasteiger partial charge is 0.403 e. The quantitative estimate of drug-likeness (QED) is 0.607. The number of ether oxygens (including phenoxy) is 1. The van der Waals surface area contributed by atoms with Crippen molar-refractivity contribution in [1.29, 1.82) is 0 Å². The van der Waals surface area contributed by atoms with Crippen LogP contribution in [0.15, 0.2) is 61.1 Å². The summed E-state index contributed by atoms with van der Waals surface area (Å²) < 4.78 is 69.2. The van der Waals surface area contributed by atoms with Crippen LogP contribution in [0.1, 0.15) is 22.9 Å². The molecule has 0 spiro atoms. The highest BCUT2D eigenvalue weighted by atomic mass is 19.4. The summed E-state index contributed by atoms with van der Waals surface area (Å²) in [5, 5.41) is 2.54. The second kappa shape index (κ2) is 8.85. The fourth-order valence-corrected chi connectivity index (χ4v) is 2.72. The molecular weight excluding hydrogens is 409 g/mol. The van der Waals surface area contributed by atoms with E-state index in [2.05, 4.69) is 20.0 Å². The molecule has 0 aliphatic heterocycles. The Labute approximate surface area is 167 Å². The fourth-order valence-electron chi connectivity index (χ4n) is 2.72. The number of carbonyl (C=O) groups excluding carboxylic acids is 1. The highest BCUT2D eigenvalue weighted by Crippen LogP contribution is 2.30. The average Bonchev–Trinajstić information content (AvgIpc) is 2.68. The van der Waals surface area contributed by atoms with Crippen LogP contribution in [0.5, 0.6) is 5.75 Å². The van der Waals surface area contributed by atoms with Crippen molar-refractivity contribution < 1.29 is 31.5 Å². The first-order valence-electron chi connectivity index (χ1n) is 8.57. The molecule has 156 valence electrons. The number of hydrogen-bond acceptors (Lipinski definition) is 4. The molecular formula is C20H14F5N3O2. The fraction of sp³-hybridized carbons (Fsp3) is 0.150. The maximum atomic E-state index is 14.3. The Balaban J connectivity index is 1.91. The molecule has 3 rings (SSSR count). The van der Waals surface area contributed by atoms with E-state index in [1.807, 2.05) is 0 Å². The number of amides is 1. The topological polar surface area (TPSA) is 64.1 Å². The zero-order valence-electron chi connectivity index (χ0n) is 15.2. The van der Waals surface area contributed by atoms with E-state index in [9.17, 15) is 26.7 Å². The summed E-state index contributed by atoms with van der Waals surface area (Å²) in [5.41, 5.74) is 0.398. The van der Waals surface area contributed by atoms with Gasteiger partial charge in [0.25, 0.3) is 0 Å².